The highest BCUT2D eigenvalue weighted by molar-refractivity contribution is 7.13. The van der Waals surface area contributed by atoms with E-state index in [2.05, 4.69) is 30.5 Å². The van der Waals surface area contributed by atoms with Crippen molar-refractivity contribution in [3.63, 3.8) is 0 Å². The van der Waals surface area contributed by atoms with E-state index >= 15 is 0 Å². The van der Waals surface area contributed by atoms with Gasteiger partial charge in [-0.2, -0.15) is 5.10 Å². The molecule has 11 nitrogen and oxygen atoms in total. The van der Waals surface area contributed by atoms with Gasteiger partial charge in [0.05, 0.1) is 25.8 Å². The van der Waals surface area contributed by atoms with E-state index < -0.39 is 0 Å². The highest BCUT2D eigenvalue weighted by Gasteiger charge is 2.26. The lowest BCUT2D eigenvalue weighted by Gasteiger charge is -2.32. The second-order valence-corrected chi connectivity index (χ2v) is 9.49. The van der Waals surface area contributed by atoms with Crippen LogP contribution in [0.4, 0.5) is 5.82 Å². The van der Waals surface area contributed by atoms with Crippen molar-refractivity contribution in [3.8, 4) is 27.9 Å². The van der Waals surface area contributed by atoms with Gasteiger partial charge in [-0.15, -0.1) is 21.5 Å². The lowest BCUT2D eigenvalue weighted by atomic mass is 9.97. The number of carbonyl (C=O) groups excluding carboxylic acids is 1. The van der Waals surface area contributed by atoms with Crippen molar-refractivity contribution in [2.24, 2.45) is 5.92 Å². The molecule has 1 aliphatic rings. The van der Waals surface area contributed by atoms with Crippen LogP contribution < -0.4 is 19.7 Å². The highest BCUT2D eigenvalue weighted by Crippen LogP contribution is 2.33. The largest absolute Gasteiger partial charge is 0.493 e. The van der Waals surface area contributed by atoms with Crippen LogP contribution in [0.3, 0.4) is 0 Å². The first-order valence-corrected chi connectivity index (χ1v) is 12.9. The second-order valence-electron chi connectivity index (χ2n) is 8.63. The molecular formula is C25H28N8O3S. The molecule has 1 aromatic carbocycles. The van der Waals surface area contributed by atoms with E-state index in [1.54, 1.807) is 36.6 Å². The average Bonchev–Trinajstić information content (AvgIpc) is 3.66. The molecule has 1 N–H and O–H groups in total. The van der Waals surface area contributed by atoms with E-state index in [4.69, 9.17) is 14.5 Å². The minimum Gasteiger partial charge on any atom is -0.493 e. The molecule has 0 spiro atoms. The molecule has 37 heavy (non-hydrogen) atoms. The van der Waals surface area contributed by atoms with Crippen molar-refractivity contribution >= 4 is 23.1 Å². The van der Waals surface area contributed by atoms with Crippen molar-refractivity contribution < 1.29 is 14.3 Å². The predicted molar refractivity (Wildman–Crippen MR) is 139 cm³/mol. The van der Waals surface area contributed by atoms with E-state index in [0.717, 1.165) is 41.5 Å². The molecule has 4 heterocycles. The maximum Gasteiger partial charge on any atom is 0.224 e. The van der Waals surface area contributed by atoms with Gasteiger partial charge in [0.15, 0.2) is 23.1 Å². The molecule has 4 aromatic rings. The zero-order valence-corrected chi connectivity index (χ0v) is 21.5. The quantitative estimate of drug-likeness (QED) is 0.355. The number of methoxy groups -OCH3 is 2. The summed E-state index contributed by atoms with van der Waals surface area (Å²) in [6, 6.07) is 9.52. The van der Waals surface area contributed by atoms with Crippen molar-refractivity contribution in [1.82, 2.24) is 35.3 Å². The second kappa shape index (κ2) is 11.3. The molecular weight excluding hydrogens is 492 g/mol. The Kier molecular flexibility index (Phi) is 7.54. The van der Waals surface area contributed by atoms with Gasteiger partial charge in [-0.05, 0) is 43.2 Å². The van der Waals surface area contributed by atoms with Crippen LogP contribution in [0.2, 0.25) is 0 Å². The van der Waals surface area contributed by atoms with Crippen LogP contribution >= 0.6 is 11.3 Å². The van der Waals surface area contributed by atoms with E-state index in [1.807, 2.05) is 35.7 Å². The summed E-state index contributed by atoms with van der Waals surface area (Å²) in [7, 11) is 3.23. The fourth-order valence-corrected chi connectivity index (χ4v) is 5.17. The van der Waals surface area contributed by atoms with Crippen LogP contribution in [-0.2, 0) is 11.2 Å². The number of carbonyl (C=O) groups is 1. The molecule has 1 amide bonds. The first-order chi connectivity index (χ1) is 18.1. The Bertz CT molecular complexity index is 1330. The lowest BCUT2D eigenvalue weighted by Crippen LogP contribution is -2.43. The number of nitrogens with zero attached hydrogens (tertiary/aromatic N) is 7. The average molecular weight is 521 g/mol. The van der Waals surface area contributed by atoms with Gasteiger partial charge in [0.25, 0.3) is 0 Å². The van der Waals surface area contributed by atoms with Gasteiger partial charge in [0.1, 0.15) is 17.7 Å². The Morgan fingerprint density at radius 2 is 1.97 bits per heavy atom. The standard InChI is InChI=1S/C25H28N8O3S/c1-35-20-6-5-17(12-21(20)36-2)25-29-19(14-37-25)9-10-27-24(34)18-4-3-11-32(13-18)22-7-8-23(31-30-22)33-16-26-15-28-33/h5-8,12,14-16,18H,3-4,9-11,13H2,1-2H3,(H,27,34). The molecule has 1 unspecified atom stereocenters. The highest BCUT2D eigenvalue weighted by atomic mass is 32.1. The third kappa shape index (κ3) is 5.69. The minimum absolute atomic E-state index is 0.0623. The van der Waals surface area contributed by atoms with Gasteiger partial charge in [0.2, 0.25) is 5.91 Å². The van der Waals surface area contributed by atoms with Gasteiger partial charge < -0.3 is 19.7 Å². The Morgan fingerprint density at radius 1 is 1.14 bits per heavy atom. The van der Waals surface area contributed by atoms with Crippen molar-refractivity contribution in [2.75, 3.05) is 38.8 Å². The van der Waals surface area contributed by atoms with Gasteiger partial charge in [-0.1, -0.05) is 0 Å². The van der Waals surface area contributed by atoms with Crippen molar-refractivity contribution in [1.29, 1.82) is 0 Å². The number of nitrogens with one attached hydrogen (secondary N) is 1. The molecule has 5 rings (SSSR count). The lowest BCUT2D eigenvalue weighted by molar-refractivity contribution is -0.125. The van der Waals surface area contributed by atoms with Crippen LogP contribution in [0.1, 0.15) is 18.5 Å². The first-order valence-electron chi connectivity index (χ1n) is 12.0. The third-order valence-corrected chi connectivity index (χ3v) is 7.21. The number of thiazole rings is 1. The van der Waals surface area contributed by atoms with Crippen LogP contribution in [0.25, 0.3) is 16.4 Å². The van der Waals surface area contributed by atoms with Crippen LogP contribution in [0.5, 0.6) is 11.5 Å². The van der Waals surface area contributed by atoms with Gasteiger partial charge >= 0.3 is 0 Å². The van der Waals surface area contributed by atoms with Gasteiger partial charge in [-0.3, -0.25) is 4.79 Å². The topological polar surface area (TPSA) is 120 Å². The molecule has 12 heteroatoms. The van der Waals surface area contributed by atoms with E-state index in [9.17, 15) is 4.79 Å². The smallest absolute Gasteiger partial charge is 0.224 e. The minimum atomic E-state index is -0.0942. The summed E-state index contributed by atoms with van der Waals surface area (Å²) in [6.07, 6.45) is 5.47. The summed E-state index contributed by atoms with van der Waals surface area (Å²) in [5.74, 6) is 2.68. The molecule has 1 saturated heterocycles. The number of hydrogen-bond acceptors (Lipinski definition) is 10. The molecule has 1 fully saturated rings. The normalized spacial score (nSPS) is 15.4. The number of anilines is 1. The molecule has 0 radical (unpaired) electrons. The first kappa shape index (κ1) is 24.6. The van der Waals surface area contributed by atoms with Crippen LogP contribution in [0, 0.1) is 5.92 Å². The summed E-state index contributed by atoms with van der Waals surface area (Å²) >= 11 is 1.57. The Labute approximate surface area is 218 Å². The fraction of sp³-hybridized carbons (Fsp3) is 0.360. The Balaban J connectivity index is 1.13. The number of benzene rings is 1. The number of hydrogen-bond donors (Lipinski definition) is 1. The fourth-order valence-electron chi connectivity index (χ4n) is 4.32. The predicted octanol–water partition coefficient (Wildman–Crippen LogP) is 2.77. The maximum atomic E-state index is 12.9. The van der Waals surface area contributed by atoms with E-state index in [1.165, 1.54) is 6.33 Å². The van der Waals surface area contributed by atoms with Gasteiger partial charge in [-0.25, -0.2) is 14.6 Å². The number of rotatable bonds is 9. The van der Waals surface area contributed by atoms with Crippen molar-refractivity contribution in [2.45, 2.75) is 19.3 Å². The third-order valence-electron chi connectivity index (χ3n) is 6.27. The molecule has 1 aliphatic heterocycles. The summed E-state index contributed by atoms with van der Waals surface area (Å²) in [6.45, 7) is 2.00. The molecule has 192 valence electrons. The maximum absolute atomic E-state index is 12.9. The molecule has 3 aromatic heterocycles. The van der Waals surface area contributed by atoms with E-state index in [-0.39, 0.29) is 11.8 Å². The monoisotopic (exact) mass is 520 g/mol. The van der Waals surface area contributed by atoms with E-state index in [0.29, 0.717) is 36.8 Å². The molecule has 1 atom stereocenters. The van der Waals surface area contributed by atoms with Crippen LogP contribution in [-0.4, -0.2) is 69.7 Å². The molecule has 0 aliphatic carbocycles. The number of amides is 1. The summed E-state index contributed by atoms with van der Waals surface area (Å²) in [4.78, 5) is 23.7. The zero-order valence-electron chi connectivity index (χ0n) is 20.7. The SMILES string of the molecule is COc1ccc(-c2nc(CCNC(=O)C3CCCN(c4ccc(-n5cncn5)nn4)C3)cs2)cc1OC. The molecule has 0 bridgehead atoms. The Hall–Kier alpha value is -4.06. The van der Waals surface area contributed by atoms with Crippen molar-refractivity contribution in [3.05, 3.63) is 54.1 Å². The number of aromatic nitrogens is 6. The number of ether oxygens (including phenoxy) is 2. The molecule has 0 saturated carbocycles. The number of piperidine rings is 1. The zero-order chi connectivity index (χ0) is 25.6. The van der Waals surface area contributed by atoms with Gasteiger partial charge in [0, 0.05) is 37.0 Å². The summed E-state index contributed by atoms with van der Waals surface area (Å²) in [5.41, 5.74) is 1.92. The van der Waals surface area contributed by atoms with Crippen LogP contribution in [0.15, 0.2) is 48.4 Å². The Morgan fingerprint density at radius 3 is 2.73 bits per heavy atom. The summed E-state index contributed by atoms with van der Waals surface area (Å²) in [5, 5.41) is 18.7. The summed E-state index contributed by atoms with van der Waals surface area (Å²) < 4.78 is 12.3.